The van der Waals surface area contributed by atoms with Crippen LogP contribution in [0.4, 0.5) is 4.79 Å². The van der Waals surface area contributed by atoms with E-state index in [9.17, 15) is 4.79 Å². The maximum atomic E-state index is 11.7. The summed E-state index contributed by atoms with van der Waals surface area (Å²) >= 11 is 1.54. The van der Waals surface area contributed by atoms with Gasteiger partial charge >= 0.3 is 6.09 Å². The number of thioether (sulfide) groups is 1. The van der Waals surface area contributed by atoms with Crippen LogP contribution in [0.2, 0.25) is 0 Å². The smallest absolute Gasteiger partial charge is 0.414 e. The van der Waals surface area contributed by atoms with E-state index in [4.69, 9.17) is 4.74 Å². The number of ether oxygens (including phenoxy) is 1. The molecule has 0 aliphatic carbocycles. The maximum absolute atomic E-state index is 11.7. The molecular weight excluding hydrogens is 234 g/mol. The molecule has 2 rings (SSSR count). The molecule has 1 heterocycles. The maximum Gasteiger partial charge on any atom is 0.414 e. The number of benzene rings is 1. The van der Waals surface area contributed by atoms with E-state index in [0.29, 0.717) is 13.2 Å². The van der Waals surface area contributed by atoms with Gasteiger partial charge in [0.05, 0.1) is 0 Å². The second-order valence-corrected chi connectivity index (χ2v) is 4.30. The molecule has 1 amide bonds. The summed E-state index contributed by atoms with van der Waals surface area (Å²) in [6.45, 7) is 0.859. The number of rotatable bonds is 2. The topological polar surface area (TPSA) is 29.5 Å². The first-order valence-corrected chi connectivity index (χ1v) is 6.25. The number of carbonyl (C=O) groups excluding carboxylic acids is 1. The van der Waals surface area contributed by atoms with E-state index in [2.05, 4.69) is 0 Å². The van der Waals surface area contributed by atoms with Gasteiger partial charge in [-0.1, -0.05) is 36.4 Å². The zero-order valence-electron chi connectivity index (χ0n) is 9.28. The van der Waals surface area contributed by atoms with Crippen molar-refractivity contribution in [3.8, 4) is 0 Å². The Balaban J connectivity index is 1.87. The minimum atomic E-state index is -0.322. The first-order chi connectivity index (χ1) is 8.36. The monoisotopic (exact) mass is 247 g/mol. The van der Waals surface area contributed by atoms with E-state index in [1.54, 1.807) is 22.9 Å². The standard InChI is InChI=1S/C13H13NO2S/c15-13(14-7-4-9-17-10-8-14)16-11-12-5-2-1-3-6-12/h1-6,8-10H,7,11H2. The molecule has 0 spiro atoms. The molecule has 0 radical (unpaired) electrons. The molecule has 0 atom stereocenters. The SMILES string of the molecule is O=C(OCc1ccccc1)N1C=CSC=CC1. The highest BCUT2D eigenvalue weighted by atomic mass is 32.2. The van der Waals surface area contributed by atoms with Crippen molar-refractivity contribution in [2.75, 3.05) is 6.54 Å². The van der Waals surface area contributed by atoms with Gasteiger partial charge in [-0.05, 0) is 16.4 Å². The fourth-order valence-electron chi connectivity index (χ4n) is 1.36. The Morgan fingerprint density at radius 3 is 2.94 bits per heavy atom. The van der Waals surface area contributed by atoms with Crippen LogP contribution in [-0.2, 0) is 11.3 Å². The van der Waals surface area contributed by atoms with Gasteiger partial charge in [0.25, 0.3) is 0 Å². The quantitative estimate of drug-likeness (QED) is 0.802. The minimum Gasteiger partial charge on any atom is -0.444 e. The lowest BCUT2D eigenvalue weighted by atomic mass is 10.2. The van der Waals surface area contributed by atoms with Crippen molar-refractivity contribution in [2.45, 2.75) is 6.61 Å². The molecule has 0 aromatic heterocycles. The third-order valence-electron chi connectivity index (χ3n) is 2.24. The van der Waals surface area contributed by atoms with Crippen LogP contribution in [0.25, 0.3) is 0 Å². The van der Waals surface area contributed by atoms with Crippen LogP contribution in [0.3, 0.4) is 0 Å². The summed E-state index contributed by atoms with van der Waals surface area (Å²) in [7, 11) is 0. The Labute approximate surface area is 105 Å². The molecule has 1 aromatic carbocycles. The van der Waals surface area contributed by atoms with E-state index >= 15 is 0 Å². The van der Waals surface area contributed by atoms with Gasteiger partial charge in [0.15, 0.2) is 0 Å². The fourth-order valence-corrected chi connectivity index (χ4v) is 1.87. The van der Waals surface area contributed by atoms with Gasteiger partial charge < -0.3 is 4.74 Å². The Morgan fingerprint density at radius 1 is 1.29 bits per heavy atom. The van der Waals surface area contributed by atoms with Gasteiger partial charge in [0.2, 0.25) is 0 Å². The average Bonchev–Trinajstić information content (AvgIpc) is 2.66. The van der Waals surface area contributed by atoms with Crippen LogP contribution in [-0.4, -0.2) is 17.5 Å². The van der Waals surface area contributed by atoms with Crippen molar-refractivity contribution < 1.29 is 9.53 Å². The largest absolute Gasteiger partial charge is 0.444 e. The Morgan fingerprint density at radius 2 is 2.12 bits per heavy atom. The Kier molecular flexibility index (Phi) is 4.27. The van der Waals surface area contributed by atoms with Crippen LogP contribution in [0.1, 0.15) is 5.56 Å². The molecule has 0 fully saturated rings. The zero-order chi connectivity index (χ0) is 11.9. The van der Waals surface area contributed by atoms with Crippen molar-refractivity contribution in [2.24, 2.45) is 0 Å². The van der Waals surface area contributed by atoms with Crippen LogP contribution in [0, 0.1) is 0 Å². The summed E-state index contributed by atoms with van der Waals surface area (Å²) in [6, 6.07) is 9.65. The van der Waals surface area contributed by atoms with E-state index in [1.165, 1.54) is 0 Å². The van der Waals surface area contributed by atoms with E-state index in [-0.39, 0.29) is 6.09 Å². The fraction of sp³-hybridized carbons (Fsp3) is 0.154. The summed E-state index contributed by atoms with van der Waals surface area (Å²) in [5, 5.41) is 3.80. The normalized spacial score (nSPS) is 14.5. The van der Waals surface area contributed by atoms with Crippen LogP contribution >= 0.6 is 11.8 Å². The molecule has 0 unspecified atom stereocenters. The van der Waals surface area contributed by atoms with Crippen molar-refractivity contribution in [1.82, 2.24) is 4.90 Å². The number of carbonyl (C=O) groups is 1. The molecule has 88 valence electrons. The number of nitrogens with zero attached hydrogens (tertiary/aromatic N) is 1. The van der Waals surface area contributed by atoms with Crippen molar-refractivity contribution in [3.05, 3.63) is 59.0 Å². The summed E-state index contributed by atoms with van der Waals surface area (Å²) in [6.07, 6.45) is 3.34. The Hall–Kier alpha value is -1.68. The predicted octanol–water partition coefficient (Wildman–Crippen LogP) is 3.36. The highest BCUT2D eigenvalue weighted by molar-refractivity contribution is 8.04. The molecule has 0 bridgehead atoms. The predicted molar refractivity (Wildman–Crippen MR) is 69.2 cm³/mol. The van der Waals surface area contributed by atoms with Gasteiger partial charge in [-0.25, -0.2) is 4.79 Å². The number of amides is 1. The Bertz CT molecular complexity index is 428. The molecule has 1 aliphatic rings. The summed E-state index contributed by atoms with van der Waals surface area (Å²) in [5.74, 6) is 0. The molecule has 3 nitrogen and oxygen atoms in total. The van der Waals surface area contributed by atoms with Gasteiger partial charge in [-0.2, -0.15) is 0 Å². The first kappa shape index (κ1) is 11.8. The average molecular weight is 247 g/mol. The lowest BCUT2D eigenvalue weighted by Gasteiger charge is -2.15. The van der Waals surface area contributed by atoms with Crippen LogP contribution in [0.5, 0.6) is 0 Å². The molecular formula is C13H13NO2S. The van der Waals surface area contributed by atoms with E-state index in [1.807, 2.05) is 47.2 Å². The van der Waals surface area contributed by atoms with E-state index < -0.39 is 0 Å². The molecule has 0 saturated carbocycles. The number of hydrogen-bond donors (Lipinski definition) is 0. The van der Waals surface area contributed by atoms with Crippen molar-refractivity contribution >= 4 is 17.9 Å². The zero-order valence-corrected chi connectivity index (χ0v) is 10.1. The third-order valence-corrected chi connectivity index (χ3v) is 2.86. The summed E-state index contributed by atoms with van der Waals surface area (Å²) < 4.78 is 5.22. The molecule has 1 aliphatic heterocycles. The lowest BCUT2D eigenvalue weighted by molar-refractivity contribution is 0.113. The molecule has 0 saturated heterocycles. The lowest BCUT2D eigenvalue weighted by Crippen LogP contribution is -2.26. The second-order valence-electron chi connectivity index (χ2n) is 3.49. The van der Waals surface area contributed by atoms with Gasteiger partial charge in [-0.15, -0.1) is 11.8 Å². The summed E-state index contributed by atoms with van der Waals surface area (Å²) in [5.41, 5.74) is 0.990. The molecule has 17 heavy (non-hydrogen) atoms. The van der Waals surface area contributed by atoms with Gasteiger partial charge in [0.1, 0.15) is 6.61 Å². The van der Waals surface area contributed by atoms with Crippen molar-refractivity contribution in [3.63, 3.8) is 0 Å². The first-order valence-electron chi connectivity index (χ1n) is 5.31. The van der Waals surface area contributed by atoms with Crippen LogP contribution < -0.4 is 0 Å². The second kappa shape index (κ2) is 6.15. The highest BCUT2D eigenvalue weighted by Gasteiger charge is 2.11. The van der Waals surface area contributed by atoms with Crippen LogP contribution in [0.15, 0.2) is 53.4 Å². The molecule has 1 aromatic rings. The molecule has 0 N–H and O–H groups in total. The summed E-state index contributed by atoms with van der Waals surface area (Å²) in [4.78, 5) is 13.3. The number of hydrogen-bond acceptors (Lipinski definition) is 3. The minimum absolute atomic E-state index is 0.306. The van der Waals surface area contributed by atoms with E-state index in [0.717, 1.165) is 5.56 Å². The van der Waals surface area contributed by atoms with Crippen molar-refractivity contribution in [1.29, 1.82) is 0 Å². The van der Waals surface area contributed by atoms with Gasteiger partial charge in [-0.3, -0.25) is 4.90 Å². The highest BCUT2D eigenvalue weighted by Crippen LogP contribution is 2.11. The third kappa shape index (κ3) is 3.67. The molecule has 4 heteroatoms. The van der Waals surface area contributed by atoms with Gasteiger partial charge in [0, 0.05) is 12.7 Å².